The fourth-order valence-corrected chi connectivity index (χ4v) is 4.28. The van der Waals surface area contributed by atoms with E-state index in [1.807, 2.05) is 0 Å². The number of rotatable bonds is 5. The van der Waals surface area contributed by atoms with E-state index in [4.69, 9.17) is 0 Å². The van der Waals surface area contributed by atoms with E-state index in [1.54, 1.807) is 11.3 Å². The number of piperazine rings is 1. The van der Waals surface area contributed by atoms with Crippen LogP contribution in [0.25, 0.3) is 4.96 Å². The first-order valence-electron chi connectivity index (χ1n) is 8.10. The summed E-state index contributed by atoms with van der Waals surface area (Å²) >= 11 is 1.69. The van der Waals surface area contributed by atoms with Crippen molar-refractivity contribution in [2.45, 2.75) is 45.8 Å². The largest absolute Gasteiger partial charge is 0.396 e. The fourth-order valence-electron chi connectivity index (χ4n) is 3.51. The monoisotopic (exact) mass is 322 g/mol. The Kier molecular flexibility index (Phi) is 4.82. The second-order valence-electron chi connectivity index (χ2n) is 6.43. The lowest BCUT2D eigenvalue weighted by Crippen LogP contribution is -2.55. The van der Waals surface area contributed by atoms with Crippen LogP contribution in [0.4, 0.5) is 0 Å². The molecule has 0 aliphatic carbocycles. The van der Waals surface area contributed by atoms with Gasteiger partial charge in [0, 0.05) is 56.4 Å². The van der Waals surface area contributed by atoms with Gasteiger partial charge in [0.2, 0.25) is 0 Å². The lowest BCUT2D eigenvalue weighted by molar-refractivity contribution is 0.0342. The summed E-state index contributed by atoms with van der Waals surface area (Å²) in [6.45, 7) is 11.0. The van der Waals surface area contributed by atoms with E-state index in [9.17, 15) is 5.11 Å². The number of hydrogen-bond donors (Lipinski definition) is 1. The van der Waals surface area contributed by atoms with E-state index < -0.39 is 0 Å². The number of aryl methyl sites for hydroxylation is 1. The molecule has 2 aromatic rings. The molecule has 3 heterocycles. The minimum Gasteiger partial charge on any atom is -0.396 e. The molecule has 5 nitrogen and oxygen atoms in total. The molecule has 6 heteroatoms. The molecule has 0 spiro atoms. The van der Waals surface area contributed by atoms with Gasteiger partial charge < -0.3 is 5.11 Å². The SMILES string of the molecule is Cc1nc2sccn2c1CN1CCN(C(C)C)C(CCO)C1. The Bertz CT molecular complexity index is 621. The lowest BCUT2D eigenvalue weighted by Gasteiger charge is -2.43. The highest BCUT2D eigenvalue weighted by molar-refractivity contribution is 7.15. The van der Waals surface area contributed by atoms with Crippen molar-refractivity contribution < 1.29 is 5.11 Å². The molecule has 1 N–H and O–H groups in total. The van der Waals surface area contributed by atoms with E-state index in [-0.39, 0.29) is 6.61 Å². The Labute approximate surface area is 136 Å². The van der Waals surface area contributed by atoms with Crippen LogP contribution >= 0.6 is 11.3 Å². The first-order valence-corrected chi connectivity index (χ1v) is 8.98. The van der Waals surface area contributed by atoms with Crippen LogP contribution < -0.4 is 0 Å². The zero-order chi connectivity index (χ0) is 15.7. The van der Waals surface area contributed by atoms with E-state index in [1.165, 1.54) is 5.69 Å². The summed E-state index contributed by atoms with van der Waals surface area (Å²) in [6, 6.07) is 0.990. The molecule has 0 saturated carbocycles. The van der Waals surface area contributed by atoms with Crippen molar-refractivity contribution in [1.82, 2.24) is 19.2 Å². The van der Waals surface area contributed by atoms with Crippen LogP contribution in [0.1, 0.15) is 31.7 Å². The van der Waals surface area contributed by atoms with Crippen molar-refractivity contribution >= 4 is 16.3 Å². The third-order valence-corrected chi connectivity index (χ3v) is 5.43. The van der Waals surface area contributed by atoms with Gasteiger partial charge in [0.15, 0.2) is 4.96 Å². The summed E-state index contributed by atoms with van der Waals surface area (Å²) in [5.74, 6) is 0. The maximum Gasteiger partial charge on any atom is 0.194 e. The van der Waals surface area contributed by atoms with Crippen molar-refractivity contribution in [2.24, 2.45) is 0 Å². The average Bonchev–Trinajstić information content (AvgIpc) is 3.02. The Hall–Kier alpha value is -0.950. The summed E-state index contributed by atoms with van der Waals surface area (Å²) in [5.41, 5.74) is 2.44. The predicted octanol–water partition coefficient (Wildman–Crippen LogP) is 1.98. The predicted molar refractivity (Wildman–Crippen MR) is 90.4 cm³/mol. The van der Waals surface area contributed by atoms with Gasteiger partial charge in [-0.25, -0.2) is 4.98 Å². The molecule has 0 amide bonds. The van der Waals surface area contributed by atoms with Crippen LogP contribution in [-0.2, 0) is 6.54 Å². The van der Waals surface area contributed by atoms with Crippen molar-refractivity contribution in [1.29, 1.82) is 0 Å². The molecule has 1 aliphatic heterocycles. The second-order valence-corrected chi connectivity index (χ2v) is 7.31. The number of fused-ring (bicyclic) bond motifs is 1. The summed E-state index contributed by atoms with van der Waals surface area (Å²) in [7, 11) is 0. The van der Waals surface area contributed by atoms with Gasteiger partial charge in [-0.15, -0.1) is 11.3 Å². The molecule has 0 bridgehead atoms. The molecule has 1 aliphatic rings. The zero-order valence-corrected chi connectivity index (χ0v) is 14.5. The smallest absolute Gasteiger partial charge is 0.194 e. The van der Waals surface area contributed by atoms with Crippen LogP contribution in [-0.4, -0.2) is 62.6 Å². The van der Waals surface area contributed by atoms with Gasteiger partial charge in [0.1, 0.15) is 0 Å². The van der Waals surface area contributed by atoms with Crippen LogP contribution in [0.5, 0.6) is 0 Å². The number of aliphatic hydroxyl groups excluding tert-OH is 1. The van der Waals surface area contributed by atoms with Gasteiger partial charge >= 0.3 is 0 Å². The number of aromatic nitrogens is 2. The van der Waals surface area contributed by atoms with Crippen molar-refractivity contribution in [3.63, 3.8) is 0 Å². The molecule has 1 unspecified atom stereocenters. The Balaban J connectivity index is 1.73. The molecule has 22 heavy (non-hydrogen) atoms. The molecule has 122 valence electrons. The molecular weight excluding hydrogens is 296 g/mol. The number of nitrogens with zero attached hydrogens (tertiary/aromatic N) is 4. The standard InChI is InChI=1S/C16H26N4OS/c1-12(2)19-6-5-18(10-14(19)4-8-21)11-15-13(3)17-16-20(15)7-9-22-16/h7,9,12,14,21H,4-6,8,10-11H2,1-3H3. The summed E-state index contributed by atoms with van der Waals surface area (Å²) in [4.78, 5) is 10.8. The van der Waals surface area contributed by atoms with Crippen LogP contribution in [0.3, 0.4) is 0 Å². The third kappa shape index (κ3) is 3.06. The van der Waals surface area contributed by atoms with E-state index in [0.717, 1.165) is 43.3 Å². The number of thiazole rings is 1. The van der Waals surface area contributed by atoms with Gasteiger partial charge in [0.25, 0.3) is 0 Å². The number of imidazole rings is 1. The minimum atomic E-state index is 0.266. The summed E-state index contributed by atoms with van der Waals surface area (Å²) < 4.78 is 2.22. The third-order valence-electron chi connectivity index (χ3n) is 4.67. The van der Waals surface area contributed by atoms with E-state index in [2.05, 4.69) is 51.5 Å². The van der Waals surface area contributed by atoms with Gasteiger partial charge in [0.05, 0.1) is 11.4 Å². The Morgan fingerprint density at radius 1 is 1.41 bits per heavy atom. The van der Waals surface area contributed by atoms with Gasteiger partial charge in [-0.1, -0.05) is 0 Å². The first-order chi connectivity index (χ1) is 10.6. The highest BCUT2D eigenvalue weighted by Crippen LogP contribution is 2.21. The summed E-state index contributed by atoms with van der Waals surface area (Å²) in [5, 5.41) is 11.5. The second kappa shape index (κ2) is 6.66. The quantitative estimate of drug-likeness (QED) is 0.914. The fraction of sp³-hybridized carbons (Fsp3) is 0.688. The molecular formula is C16H26N4OS. The van der Waals surface area contributed by atoms with Crippen molar-refractivity contribution in [3.8, 4) is 0 Å². The maximum atomic E-state index is 9.36. The zero-order valence-electron chi connectivity index (χ0n) is 13.7. The number of hydrogen-bond acceptors (Lipinski definition) is 5. The maximum absolute atomic E-state index is 9.36. The molecule has 1 atom stereocenters. The van der Waals surface area contributed by atoms with Crippen molar-refractivity contribution in [2.75, 3.05) is 26.2 Å². The van der Waals surface area contributed by atoms with Crippen LogP contribution in [0.15, 0.2) is 11.6 Å². The molecule has 3 rings (SSSR count). The average molecular weight is 322 g/mol. The topological polar surface area (TPSA) is 44.0 Å². The summed E-state index contributed by atoms with van der Waals surface area (Å²) in [6.07, 6.45) is 2.97. The Morgan fingerprint density at radius 3 is 2.95 bits per heavy atom. The Morgan fingerprint density at radius 2 is 2.23 bits per heavy atom. The van der Waals surface area contributed by atoms with Crippen molar-refractivity contribution in [3.05, 3.63) is 23.0 Å². The molecule has 0 radical (unpaired) electrons. The highest BCUT2D eigenvalue weighted by atomic mass is 32.1. The van der Waals surface area contributed by atoms with E-state index in [0.29, 0.717) is 12.1 Å². The molecule has 1 saturated heterocycles. The lowest BCUT2D eigenvalue weighted by atomic mass is 10.1. The molecule has 2 aromatic heterocycles. The number of aliphatic hydroxyl groups is 1. The van der Waals surface area contributed by atoms with Crippen LogP contribution in [0.2, 0.25) is 0 Å². The van der Waals surface area contributed by atoms with Gasteiger partial charge in [-0.05, 0) is 27.2 Å². The van der Waals surface area contributed by atoms with Gasteiger partial charge in [-0.3, -0.25) is 14.2 Å². The normalized spacial score (nSPS) is 21.2. The van der Waals surface area contributed by atoms with Crippen LogP contribution in [0, 0.1) is 6.92 Å². The molecule has 0 aromatic carbocycles. The van der Waals surface area contributed by atoms with E-state index >= 15 is 0 Å². The minimum absolute atomic E-state index is 0.266. The first kappa shape index (κ1) is 15.9. The molecule has 1 fully saturated rings. The highest BCUT2D eigenvalue weighted by Gasteiger charge is 2.29. The van der Waals surface area contributed by atoms with Gasteiger partial charge in [-0.2, -0.15) is 0 Å².